The number of carbonyl (C=O) groups excluding carboxylic acids is 1. The van der Waals surface area contributed by atoms with Crippen molar-refractivity contribution in [1.82, 2.24) is 19.8 Å². The predicted molar refractivity (Wildman–Crippen MR) is 101 cm³/mol. The summed E-state index contributed by atoms with van der Waals surface area (Å²) in [7, 11) is 0. The van der Waals surface area contributed by atoms with Crippen molar-refractivity contribution in [2.24, 2.45) is 0 Å². The Bertz CT molecular complexity index is 860. The van der Waals surface area contributed by atoms with Crippen LogP contribution in [0.4, 0.5) is 0 Å². The molecule has 0 radical (unpaired) electrons. The summed E-state index contributed by atoms with van der Waals surface area (Å²) in [5, 5.41) is 3.17. The topological polar surface area (TPSA) is 50.2 Å². The highest BCUT2D eigenvalue weighted by Gasteiger charge is 2.25. The number of aromatic nitrogens is 2. The maximum Gasteiger partial charge on any atom is 0.270 e. The molecular weight excluding hydrogens is 324 g/mol. The third kappa shape index (κ3) is 3.68. The Morgan fingerprint density at radius 2 is 1.81 bits per heavy atom. The number of para-hydroxylation sites is 1. The molecule has 1 aromatic heterocycles. The molecule has 2 heterocycles. The minimum absolute atomic E-state index is 0.0714. The zero-order chi connectivity index (χ0) is 17.8. The molecule has 1 atom stereocenters. The normalized spacial score (nSPS) is 17.3. The Morgan fingerprint density at radius 3 is 2.58 bits per heavy atom. The number of benzene rings is 2. The zero-order valence-corrected chi connectivity index (χ0v) is 14.6. The van der Waals surface area contributed by atoms with Gasteiger partial charge in [-0.1, -0.05) is 48.5 Å². The first-order valence-electron chi connectivity index (χ1n) is 8.94. The van der Waals surface area contributed by atoms with Crippen LogP contribution in [0, 0.1) is 0 Å². The molecule has 1 fully saturated rings. The van der Waals surface area contributed by atoms with Gasteiger partial charge in [0, 0.05) is 31.4 Å². The predicted octanol–water partition coefficient (Wildman–Crippen LogP) is 2.88. The van der Waals surface area contributed by atoms with E-state index in [1.807, 2.05) is 41.0 Å². The fraction of sp³-hybridized carbons (Fsp3) is 0.238. The first-order valence-corrected chi connectivity index (χ1v) is 8.94. The van der Waals surface area contributed by atoms with Crippen LogP contribution in [0.2, 0.25) is 0 Å². The second-order valence-corrected chi connectivity index (χ2v) is 6.66. The molecule has 1 aliphatic heterocycles. The molecule has 1 amide bonds. The van der Waals surface area contributed by atoms with E-state index in [0.29, 0.717) is 5.69 Å². The van der Waals surface area contributed by atoms with Gasteiger partial charge in [0.25, 0.3) is 5.91 Å². The van der Waals surface area contributed by atoms with Crippen LogP contribution in [0.15, 0.2) is 73.2 Å². The molecule has 0 saturated carbocycles. The molecule has 1 saturated heterocycles. The number of carbonyl (C=O) groups is 1. The van der Waals surface area contributed by atoms with Gasteiger partial charge >= 0.3 is 0 Å². The SMILES string of the molecule is O=C(N[C@H]1CCN(Cc2ccccc2)C1)c1cncn1-c1ccccc1. The van der Waals surface area contributed by atoms with Crippen molar-refractivity contribution < 1.29 is 4.79 Å². The lowest BCUT2D eigenvalue weighted by Crippen LogP contribution is -2.37. The summed E-state index contributed by atoms with van der Waals surface area (Å²) in [6, 6.07) is 20.4. The summed E-state index contributed by atoms with van der Waals surface area (Å²) in [5.74, 6) is -0.0714. The van der Waals surface area contributed by atoms with Gasteiger partial charge in [-0.05, 0) is 24.1 Å². The number of hydrogen-bond acceptors (Lipinski definition) is 3. The van der Waals surface area contributed by atoms with Gasteiger partial charge in [0.15, 0.2) is 0 Å². The molecule has 1 N–H and O–H groups in total. The van der Waals surface area contributed by atoms with Gasteiger partial charge in [0.2, 0.25) is 0 Å². The van der Waals surface area contributed by atoms with E-state index in [0.717, 1.165) is 31.7 Å². The van der Waals surface area contributed by atoms with Crippen molar-refractivity contribution in [3.63, 3.8) is 0 Å². The van der Waals surface area contributed by atoms with Crippen LogP contribution < -0.4 is 5.32 Å². The fourth-order valence-corrected chi connectivity index (χ4v) is 3.45. The minimum atomic E-state index is -0.0714. The lowest BCUT2D eigenvalue weighted by molar-refractivity contribution is 0.0930. The van der Waals surface area contributed by atoms with Gasteiger partial charge in [-0.15, -0.1) is 0 Å². The lowest BCUT2D eigenvalue weighted by Gasteiger charge is -2.17. The molecule has 0 aliphatic carbocycles. The molecule has 0 spiro atoms. The molecule has 26 heavy (non-hydrogen) atoms. The number of hydrogen-bond donors (Lipinski definition) is 1. The number of amides is 1. The van der Waals surface area contributed by atoms with E-state index in [9.17, 15) is 4.79 Å². The van der Waals surface area contributed by atoms with E-state index in [1.165, 1.54) is 5.56 Å². The van der Waals surface area contributed by atoms with Gasteiger partial charge in [0.05, 0.1) is 12.5 Å². The van der Waals surface area contributed by atoms with E-state index in [1.54, 1.807) is 12.5 Å². The molecule has 0 bridgehead atoms. The van der Waals surface area contributed by atoms with Crippen LogP contribution in [0.25, 0.3) is 5.69 Å². The Kier molecular flexibility index (Phi) is 4.80. The Hall–Kier alpha value is -2.92. The van der Waals surface area contributed by atoms with Gasteiger partial charge in [-0.25, -0.2) is 4.98 Å². The van der Waals surface area contributed by atoms with Gasteiger partial charge in [-0.2, -0.15) is 0 Å². The average molecular weight is 346 g/mol. The maximum atomic E-state index is 12.7. The number of nitrogens with zero attached hydrogens (tertiary/aromatic N) is 3. The van der Waals surface area contributed by atoms with Crippen molar-refractivity contribution >= 4 is 5.91 Å². The number of imidazole rings is 1. The standard InChI is InChI=1S/C21H22N4O/c26-21(20-13-22-16-25(20)19-9-5-2-6-10-19)23-18-11-12-24(15-18)14-17-7-3-1-4-8-17/h1-10,13,16,18H,11-12,14-15H2,(H,23,26)/t18-/m0/s1. The quantitative estimate of drug-likeness (QED) is 0.773. The maximum absolute atomic E-state index is 12.7. The number of nitrogens with one attached hydrogen (secondary N) is 1. The summed E-state index contributed by atoms with van der Waals surface area (Å²) in [6.45, 7) is 2.80. The highest BCUT2D eigenvalue weighted by molar-refractivity contribution is 5.93. The summed E-state index contributed by atoms with van der Waals surface area (Å²) in [4.78, 5) is 19.3. The summed E-state index contributed by atoms with van der Waals surface area (Å²) >= 11 is 0. The van der Waals surface area contributed by atoms with E-state index in [-0.39, 0.29) is 11.9 Å². The Balaban J connectivity index is 1.38. The molecule has 3 aromatic rings. The van der Waals surface area contributed by atoms with Crippen LogP contribution in [-0.4, -0.2) is 39.5 Å². The second kappa shape index (κ2) is 7.54. The lowest BCUT2D eigenvalue weighted by atomic mass is 10.2. The van der Waals surface area contributed by atoms with E-state index < -0.39 is 0 Å². The van der Waals surface area contributed by atoms with E-state index >= 15 is 0 Å². The Labute approximate surface area is 153 Å². The number of likely N-dealkylation sites (tertiary alicyclic amines) is 1. The summed E-state index contributed by atoms with van der Waals surface area (Å²) in [5.41, 5.74) is 2.81. The van der Waals surface area contributed by atoms with Gasteiger partial charge < -0.3 is 5.32 Å². The molecule has 2 aromatic carbocycles. The van der Waals surface area contributed by atoms with Crippen LogP contribution in [0.1, 0.15) is 22.5 Å². The highest BCUT2D eigenvalue weighted by atomic mass is 16.2. The van der Waals surface area contributed by atoms with Crippen LogP contribution in [0.3, 0.4) is 0 Å². The van der Waals surface area contributed by atoms with E-state index in [2.05, 4.69) is 39.5 Å². The number of rotatable bonds is 5. The zero-order valence-electron chi connectivity index (χ0n) is 14.6. The van der Waals surface area contributed by atoms with Crippen LogP contribution in [-0.2, 0) is 6.54 Å². The molecule has 5 heteroatoms. The molecular formula is C21H22N4O. The van der Waals surface area contributed by atoms with Crippen molar-refractivity contribution in [2.75, 3.05) is 13.1 Å². The Morgan fingerprint density at radius 1 is 1.08 bits per heavy atom. The summed E-state index contributed by atoms with van der Waals surface area (Å²) < 4.78 is 1.83. The highest BCUT2D eigenvalue weighted by Crippen LogP contribution is 2.15. The molecule has 132 valence electrons. The minimum Gasteiger partial charge on any atom is -0.347 e. The summed E-state index contributed by atoms with van der Waals surface area (Å²) in [6.07, 6.45) is 4.28. The van der Waals surface area contributed by atoms with Crippen LogP contribution >= 0.6 is 0 Å². The largest absolute Gasteiger partial charge is 0.347 e. The molecule has 0 unspecified atom stereocenters. The second-order valence-electron chi connectivity index (χ2n) is 6.66. The third-order valence-corrected chi connectivity index (χ3v) is 4.76. The van der Waals surface area contributed by atoms with Crippen molar-refractivity contribution in [3.8, 4) is 5.69 Å². The molecule has 4 rings (SSSR count). The van der Waals surface area contributed by atoms with Crippen molar-refractivity contribution in [1.29, 1.82) is 0 Å². The first kappa shape index (κ1) is 16.5. The van der Waals surface area contributed by atoms with Crippen molar-refractivity contribution in [2.45, 2.75) is 19.0 Å². The van der Waals surface area contributed by atoms with E-state index in [4.69, 9.17) is 0 Å². The molecule has 1 aliphatic rings. The molecule has 5 nitrogen and oxygen atoms in total. The van der Waals surface area contributed by atoms with Crippen molar-refractivity contribution in [3.05, 3.63) is 84.4 Å². The van der Waals surface area contributed by atoms with Gasteiger partial charge in [0.1, 0.15) is 5.69 Å². The first-order chi connectivity index (χ1) is 12.8. The van der Waals surface area contributed by atoms with Gasteiger partial charge in [-0.3, -0.25) is 14.3 Å². The smallest absolute Gasteiger partial charge is 0.270 e. The fourth-order valence-electron chi connectivity index (χ4n) is 3.45. The average Bonchev–Trinajstić information content (AvgIpc) is 3.33. The monoisotopic (exact) mass is 346 g/mol. The third-order valence-electron chi connectivity index (χ3n) is 4.76. The van der Waals surface area contributed by atoms with Crippen LogP contribution in [0.5, 0.6) is 0 Å².